The van der Waals surface area contributed by atoms with E-state index in [1.165, 1.54) is 0 Å². The van der Waals surface area contributed by atoms with Crippen LogP contribution in [0.5, 0.6) is 5.75 Å². The van der Waals surface area contributed by atoms with Gasteiger partial charge in [0.2, 0.25) is 5.91 Å². The van der Waals surface area contributed by atoms with E-state index in [2.05, 4.69) is 37.2 Å². The summed E-state index contributed by atoms with van der Waals surface area (Å²) in [5.41, 5.74) is 0. The Morgan fingerprint density at radius 2 is 2.10 bits per heavy atom. The summed E-state index contributed by atoms with van der Waals surface area (Å²) in [5.74, 6) is 0.749. The van der Waals surface area contributed by atoms with Crippen molar-refractivity contribution in [3.05, 3.63) is 49.5 Å². The predicted octanol–water partition coefficient (Wildman–Crippen LogP) is 4.36. The number of carbonyl (C=O) groups is 1. The molecular weight excluding hydrogens is 406 g/mol. The normalized spacial score (nSPS) is 10.3. The van der Waals surface area contributed by atoms with Gasteiger partial charge in [0.1, 0.15) is 5.75 Å². The first-order valence-corrected chi connectivity index (χ1v) is 8.48. The molecule has 0 aliphatic carbocycles. The number of carbonyl (C=O) groups excluding carboxylic acids is 1. The van der Waals surface area contributed by atoms with E-state index in [0.29, 0.717) is 19.6 Å². The molecule has 1 aromatic heterocycles. The topological polar surface area (TPSA) is 38.3 Å². The molecule has 6 heteroatoms. The highest BCUT2D eigenvalue weighted by Gasteiger charge is 2.04. The van der Waals surface area contributed by atoms with Crippen LogP contribution in [0.2, 0.25) is 0 Å². The van der Waals surface area contributed by atoms with E-state index in [-0.39, 0.29) is 5.91 Å². The van der Waals surface area contributed by atoms with Gasteiger partial charge >= 0.3 is 0 Å². The molecule has 0 aliphatic heterocycles. The molecule has 0 fully saturated rings. The van der Waals surface area contributed by atoms with Gasteiger partial charge < -0.3 is 10.1 Å². The Kier molecular flexibility index (Phi) is 6.06. The molecule has 0 bridgehead atoms. The number of ether oxygens (including phenoxy) is 1. The summed E-state index contributed by atoms with van der Waals surface area (Å²) >= 11 is 8.38. The van der Waals surface area contributed by atoms with Crippen molar-refractivity contribution < 1.29 is 9.53 Å². The Hall–Kier alpha value is -0.850. The molecule has 2 aromatic rings. The second-order valence-electron chi connectivity index (χ2n) is 4.06. The fraction of sp³-hybridized carbons (Fsp3) is 0.214. The van der Waals surface area contributed by atoms with E-state index < -0.39 is 0 Å². The van der Waals surface area contributed by atoms with Gasteiger partial charge in [-0.25, -0.2) is 0 Å². The van der Waals surface area contributed by atoms with Gasteiger partial charge in [0, 0.05) is 19.2 Å². The van der Waals surface area contributed by atoms with E-state index in [4.69, 9.17) is 4.74 Å². The molecule has 1 amide bonds. The fourth-order valence-corrected chi connectivity index (χ4v) is 3.31. The number of rotatable bonds is 6. The first-order valence-electron chi connectivity index (χ1n) is 6.01. The summed E-state index contributed by atoms with van der Waals surface area (Å²) in [5, 5.41) is 4.87. The first kappa shape index (κ1) is 15.5. The van der Waals surface area contributed by atoms with Crippen molar-refractivity contribution >= 4 is 49.1 Å². The van der Waals surface area contributed by atoms with Crippen LogP contribution in [0, 0.1) is 0 Å². The number of thiophene rings is 1. The Bertz CT molecular complexity index is 586. The van der Waals surface area contributed by atoms with Gasteiger partial charge in [-0.05, 0) is 40.2 Å². The van der Waals surface area contributed by atoms with Gasteiger partial charge in [-0.2, -0.15) is 0 Å². The van der Waals surface area contributed by atoms with Crippen molar-refractivity contribution in [3.8, 4) is 5.75 Å². The van der Waals surface area contributed by atoms with Crippen LogP contribution in [-0.4, -0.2) is 12.5 Å². The lowest BCUT2D eigenvalue weighted by atomic mass is 10.3. The van der Waals surface area contributed by atoms with Crippen molar-refractivity contribution in [2.24, 2.45) is 0 Å². The Morgan fingerprint density at radius 3 is 2.80 bits per heavy atom. The molecule has 0 radical (unpaired) electrons. The second kappa shape index (κ2) is 7.81. The number of halogens is 2. The van der Waals surface area contributed by atoms with Crippen LogP contribution in [0.15, 0.2) is 44.7 Å². The van der Waals surface area contributed by atoms with Gasteiger partial charge in [-0.15, -0.1) is 11.3 Å². The molecule has 0 spiro atoms. The van der Waals surface area contributed by atoms with Gasteiger partial charge in [0.15, 0.2) is 0 Å². The van der Waals surface area contributed by atoms with Crippen molar-refractivity contribution in [2.45, 2.75) is 13.0 Å². The smallest absolute Gasteiger partial charge is 0.223 e. The zero-order chi connectivity index (χ0) is 14.4. The van der Waals surface area contributed by atoms with Gasteiger partial charge in [0.25, 0.3) is 0 Å². The van der Waals surface area contributed by atoms with Crippen LogP contribution < -0.4 is 10.1 Å². The Balaban J connectivity index is 1.67. The summed E-state index contributed by atoms with van der Waals surface area (Å²) in [4.78, 5) is 12.8. The monoisotopic (exact) mass is 417 g/mol. The lowest BCUT2D eigenvalue weighted by molar-refractivity contribution is -0.121. The summed E-state index contributed by atoms with van der Waals surface area (Å²) in [6, 6.07) is 9.57. The highest BCUT2D eigenvalue weighted by atomic mass is 79.9. The minimum absolute atomic E-state index is 0.00970. The van der Waals surface area contributed by atoms with Gasteiger partial charge in [-0.1, -0.05) is 22.0 Å². The number of amides is 1. The molecule has 0 aliphatic rings. The molecule has 0 saturated carbocycles. The van der Waals surface area contributed by atoms with E-state index in [1.54, 1.807) is 11.3 Å². The lowest BCUT2D eigenvalue weighted by Crippen LogP contribution is -2.24. The molecule has 20 heavy (non-hydrogen) atoms. The van der Waals surface area contributed by atoms with Crippen LogP contribution in [-0.2, 0) is 11.3 Å². The van der Waals surface area contributed by atoms with Crippen molar-refractivity contribution in [2.75, 3.05) is 6.61 Å². The molecule has 3 nitrogen and oxygen atoms in total. The molecule has 1 aromatic carbocycles. The number of hydrogen-bond acceptors (Lipinski definition) is 3. The van der Waals surface area contributed by atoms with Crippen LogP contribution in [0.1, 0.15) is 11.3 Å². The highest BCUT2D eigenvalue weighted by molar-refractivity contribution is 9.10. The maximum absolute atomic E-state index is 11.7. The quantitative estimate of drug-likeness (QED) is 0.756. The summed E-state index contributed by atoms with van der Waals surface area (Å²) in [6.07, 6.45) is 0.346. The third kappa shape index (κ3) is 5.26. The standard InChI is InChI=1S/C14H13Br2NO2S/c15-10-2-1-3-12(6-10)19-5-4-14(18)17-8-13-7-11(16)9-20-13/h1-3,6-7,9H,4-5,8H2,(H,17,18). The molecule has 0 unspecified atom stereocenters. The fourth-order valence-electron chi connectivity index (χ4n) is 1.54. The van der Waals surface area contributed by atoms with E-state index >= 15 is 0 Å². The molecule has 0 saturated heterocycles. The van der Waals surface area contributed by atoms with Crippen molar-refractivity contribution in [1.82, 2.24) is 5.32 Å². The molecule has 2 rings (SSSR count). The minimum atomic E-state index is -0.00970. The zero-order valence-corrected chi connectivity index (χ0v) is 14.6. The molecule has 0 atom stereocenters. The van der Waals surface area contributed by atoms with E-state index in [0.717, 1.165) is 19.6 Å². The molecular formula is C14H13Br2NO2S. The highest BCUT2D eigenvalue weighted by Crippen LogP contribution is 2.19. The zero-order valence-electron chi connectivity index (χ0n) is 10.6. The maximum atomic E-state index is 11.7. The van der Waals surface area contributed by atoms with Gasteiger partial charge in [-0.3, -0.25) is 4.79 Å². The SMILES string of the molecule is O=C(CCOc1cccc(Br)c1)NCc1cc(Br)cs1. The second-order valence-corrected chi connectivity index (χ2v) is 6.89. The maximum Gasteiger partial charge on any atom is 0.223 e. The van der Waals surface area contributed by atoms with E-state index in [9.17, 15) is 4.79 Å². The summed E-state index contributed by atoms with van der Waals surface area (Å²) < 4.78 is 7.52. The third-order valence-corrected chi connectivity index (χ3v) is 4.67. The number of benzene rings is 1. The van der Waals surface area contributed by atoms with Crippen LogP contribution >= 0.6 is 43.2 Å². The summed E-state index contributed by atoms with van der Waals surface area (Å²) in [7, 11) is 0. The Morgan fingerprint density at radius 1 is 1.25 bits per heavy atom. The lowest BCUT2D eigenvalue weighted by Gasteiger charge is -2.07. The average Bonchev–Trinajstić information content (AvgIpc) is 2.82. The van der Waals surface area contributed by atoms with Gasteiger partial charge in [0.05, 0.1) is 19.6 Å². The number of nitrogens with one attached hydrogen (secondary N) is 1. The van der Waals surface area contributed by atoms with Crippen molar-refractivity contribution in [3.63, 3.8) is 0 Å². The predicted molar refractivity (Wildman–Crippen MR) is 88.1 cm³/mol. The molecule has 1 heterocycles. The third-order valence-electron chi connectivity index (χ3n) is 2.48. The van der Waals surface area contributed by atoms with E-state index in [1.807, 2.05) is 35.7 Å². The van der Waals surface area contributed by atoms with Crippen LogP contribution in [0.25, 0.3) is 0 Å². The van der Waals surface area contributed by atoms with Crippen molar-refractivity contribution in [1.29, 1.82) is 0 Å². The first-order chi connectivity index (χ1) is 9.63. The largest absolute Gasteiger partial charge is 0.493 e. The van der Waals surface area contributed by atoms with Crippen LogP contribution in [0.4, 0.5) is 0 Å². The minimum Gasteiger partial charge on any atom is -0.493 e. The number of hydrogen-bond donors (Lipinski definition) is 1. The molecule has 1 N–H and O–H groups in total. The Labute approximate surface area is 138 Å². The molecule has 106 valence electrons. The average molecular weight is 419 g/mol. The van der Waals surface area contributed by atoms with Crippen LogP contribution in [0.3, 0.4) is 0 Å². The summed E-state index contributed by atoms with van der Waals surface area (Å²) in [6.45, 7) is 0.933.